The summed E-state index contributed by atoms with van der Waals surface area (Å²) < 4.78 is 6.21. The number of fused-ring (bicyclic) bond motifs is 1. The smallest absolute Gasteiger partial charge is 0.336 e. The minimum absolute atomic E-state index is 0.0202. The molecule has 0 radical (unpaired) electrons. The van der Waals surface area contributed by atoms with Crippen molar-refractivity contribution >= 4 is 23.3 Å². The van der Waals surface area contributed by atoms with Crippen LogP contribution in [0.5, 0.6) is 5.75 Å². The highest BCUT2D eigenvalue weighted by molar-refractivity contribution is 7.99. The maximum absolute atomic E-state index is 12.3. The molecule has 1 aliphatic heterocycles. The Labute approximate surface area is 192 Å². The van der Waals surface area contributed by atoms with E-state index in [-0.39, 0.29) is 5.41 Å². The molecule has 0 spiro atoms. The van der Waals surface area contributed by atoms with Crippen LogP contribution < -0.4 is 4.74 Å². The second kappa shape index (κ2) is 12.2. The average molecular weight is 443 g/mol. The third kappa shape index (κ3) is 7.03. The molecular formula is C27H38O3S. The van der Waals surface area contributed by atoms with E-state index in [1.54, 1.807) is 0 Å². The zero-order valence-corrected chi connectivity index (χ0v) is 20.6. The van der Waals surface area contributed by atoms with Crippen LogP contribution >= 0.6 is 11.8 Å². The largest absolute Gasteiger partial charge is 0.493 e. The Bertz CT molecular complexity index is 846. The van der Waals surface area contributed by atoms with Gasteiger partial charge in [0.15, 0.2) is 0 Å². The lowest BCUT2D eigenvalue weighted by atomic mass is 9.80. The number of aliphatic carboxylic acids is 1. The number of hydrogen-bond acceptors (Lipinski definition) is 3. The van der Waals surface area contributed by atoms with Crippen LogP contribution in [0.2, 0.25) is 0 Å². The first kappa shape index (κ1) is 25.3. The van der Waals surface area contributed by atoms with E-state index in [9.17, 15) is 9.90 Å². The maximum atomic E-state index is 12.3. The van der Waals surface area contributed by atoms with E-state index in [0.29, 0.717) is 23.5 Å². The summed E-state index contributed by atoms with van der Waals surface area (Å²) in [6.07, 6.45) is 14.5. The molecule has 1 aromatic rings. The molecule has 3 nitrogen and oxygen atoms in total. The fourth-order valence-electron chi connectivity index (χ4n) is 3.85. The molecule has 0 bridgehead atoms. The van der Waals surface area contributed by atoms with E-state index >= 15 is 0 Å². The molecule has 0 unspecified atom stereocenters. The first-order valence-electron chi connectivity index (χ1n) is 11.5. The molecule has 1 aromatic carbocycles. The molecular weight excluding hydrogens is 404 g/mol. The number of unbranched alkanes of at least 4 members (excludes halogenated alkanes) is 4. The number of thioether (sulfide) groups is 1. The van der Waals surface area contributed by atoms with Crippen molar-refractivity contribution in [3.63, 3.8) is 0 Å². The molecule has 4 heteroatoms. The summed E-state index contributed by atoms with van der Waals surface area (Å²) in [5.74, 6) is 0.843. The van der Waals surface area contributed by atoms with Gasteiger partial charge < -0.3 is 9.84 Å². The Balaban J connectivity index is 2.48. The van der Waals surface area contributed by atoms with Crippen molar-refractivity contribution in [1.29, 1.82) is 0 Å². The number of carbonyl (C=O) groups is 1. The number of carboxylic acids is 1. The van der Waals surface area contributed by atoms with Crippen molar-refractivity contribution in [3.8, 4) is 5.75 Å². The Morgan fingerprint density at radius 2 is 1.94 bits per heavy atom. The Morgan fingerprint density at radius 1 is 1.19 bits per heavy atom. The third-order valence-corrected chi connectivity index (χ3v) is 6.89. The van der Waals surface area contributed by atoms with E-state index in [1.807, 2.05) is 49.9 Å². The zero-order valence-electron chi connectivity index (χ0n) is 19.8. The Kier molecular flexibility index (Phi) is 9.95. The quantitative estimate of drug-likeness (QED) is 0.216. The average Bonchev–Trinajstić information content (AvgIpc) is 2.71. The Hall–Kier alpha value is -1.94. The molecule has 170 valence electrons. The standard InChI is InChI=1S/C27H38O3S/c1-6-8-10-11-13-16-30-23-19-24-22(27(4,5)15-17-31-24)18-21(23)25(26(28)29)20(3)14-12-9-7-2/h7,9,12,14,18-19H,6,8,10-11,13,15-17H2,1-5H3,(H,28,29)/b9-7+,14-12+,25-20+. The monoisotopic (exact) mass is 442 g/mol. The summed E-state index contributed by atoms with van der Waals surface area (Å²) in [6.45, 7) is 11.1. The van der Waals surface area contributed by atoms with Gasteiger partial charge in [0.2, 0.25) is 0 Å². The van der Waals surface area contributed by atoms with Crippen molar-refractivity contribution in [2.75, 3.05) is 12.4 Å². The van der Waals surface area contributed by atoms with E-state index in [1.165, 1.54) is 29.7 Å². The number of ether oxygens (including phenoxy) is 1. The van der Waals surface area contributed by atoms with Crippen LogP contribution in [-0.2, 0) is 10.2 Å². The van der Waals surface area contributed by atoms with Gasteiger partial charge in [-0.15, -0.1) is 11.8 Å². The molecule has 0 saturated heterocycles. The van der Waals surface area contributed by atoms with E-state index in [4.69, 9.17) is 4.74 Å². The zero-order chi connectivity index (χ0) is 22.9. The minimum atomic E-state index is -0.920. The van der Waals surface area contributed by atoms with Gasteiger partial charge in [0.05, 0.1) is 12.2 Å². The molecule has 0 amide bonds. The number of allylic oxidation sites excluding steroid dienone is 5. The second-order valence-corrected chi connectivity index (χ2v) is 9.97. The third-order valence-electron chi connectivity index (χ3n) is 5.83. The van der Waals surface area contributed by atoms with Crippen molar-refractivity contribution < 1.29 is 14.6 Å². The highest BCUT2D eigenvalue weighted by Crippen LogP contribution is 2.45. The fourth-order valence-corrected chi connectivity index (χ4v) is 5.37. The molecule has 0 aromatic heterocycles. The first-order valence-corrected chi connectivity index (χ1v) is 12.5. The molecule has 2 rings (SSSR count). The van der Waals surface area contributed by atoms with Crippen molar-refractivity contribution in [1.82, 2.24) is 0 Å². The van der Waals surface area contributed by atoms with Crippen LogP contribution in [0.4, 0.5) is 0 Å². The van der Waals surface area contributed by atoms with Gasteiger partial charge in [-0.25, -0.2) is 4.79 Å². The van der Waals surface area contributed by atoms with Crippen molar-refractivity contribution in [3.05, 3.63) is 53.1 Å². The molecule has 1 heterocycles. The predicted octanol–water partition coefficient (Wildman–Crippen LogP) is 7.80. The second-order valence-electron chi connectivity index (χ2n) is 8.84. The number of benzene rings is 1. The topological polar surface area (TPSA) is 46.5 Å². The number of carboxylic acid groups (broad SMARTS) is 1. The number of hydrogen-bond donors (Lipinski definition) is 1. The van der Waals surface area contributed by atoms with Gasteiger partial charge in [-0.2, -0.15) is 0 Å². The molecule has 0 saturated carbocycles. The molecule has 1 aliphatic rings. The first-order chi connectivity index (χ1) is 14.8. The lowest BCUT2D eigenvalue weighted by molar-refractivity contribution is -0.130. The van der Waals surface area contributed by atoms with Gasteiger partial charge in [0.25, 0.3) is 0 Å². The normalized spacial score (nSPS) is 16.4. The van der Waals surface area contributed by atoms with Gasteiger partial charge in [-0.3, -0.25) is 0 Å². The van der Waals surface area contributed by atoms with Crippen LogP contribution in [-0.4, -0.2) is 23.4 Å². The van der Waals surface area contributed by atoms with Crippen LogP contribution in [0, 0.1) is 0 Å². The van der Waals surface area contributed by atoms with Gasteiger partial charge in [-0.1, -0.05) is 70.8 Å². The van der Waals surface area contributed by atoms with Gasteiger partial charge in [0.1, 0.15) is 5.75 Å². The van der Waals surface area contributed by atoms with E-state index in [0.717, 1.165) is 30.6 Å². The predicted molar refractivity (Wildman–Crippen MR) is 133 cm³/mol. The van der Waals surface area contributed by atoms with Gasteiger partial charge in [0, 0.05) is 10.5 Å². The summed E-state index contributed by atoms with van der Waals surface area (Å²) >= 11 is 1.84. The summed E-state index contributed by atoms with van der Waals surface area (Å²) in [4.78, 5) is 13.5. The van der Waals surface area contributed by atoms with Crippen LogP contribution in [0.25, 0.3) is 5.57 Å². The molecule has 1 N–H and O–H groups in total. The summed E-state index contributed by atoms with van der Waals surface area (Å²) in [5, 5.41) is 10.1. The van der Waals surface area contributed by atoms with Crippen molar-refractivity contribution in [2.24, 2.45) is 0 Å². The molecule has 0 atom stereocenters. The van der Waals surface area contributed by atoms with E-state index < -0.39 is 5.97 Å². The van der Waals surface area contributed by atoms with Gasteiger partial charge in [-0.05, 0) is 61.1 Å². The van der Waals surface area contributed by atoms with Gasteiger partial charge >= 0.3 is 5.97 Å². The van der Waals surface area contributed by atoms with Crippen molar-refractivity contribution in [2.45, 2.75) is 83.5 Å². The Morgan fingerprint density at radius 3 is 2.61 bits per heavy atom. The lowest BCUT2D eigenvalue weighted by Crippen LogP contribution is -2.23. The fraction of sp³-hybridized carbons (Fsp3) is 0.519. The highest BCUT2D eigenvalue weighted by atomic mass is 32.2. The molecule has 0 fully saturated rings. The number of rotatable bonds is 11. The van der Waals surface area contributed by atoms with Crippen LogP contribution in [0.3, 0.4) is 0 Å². The van der Waals surface area contributed by atoms with Crippen LogP contribution in [0.1, 0.15) is 84.3 Å². The lowest BCUT2D eigenvalue weighted by Gasteiger charge is -2.33. The summed E-state index contributed by atoms with van der Waals surface area (Å²) in [6, 6.07) is 4.15. The maximum Gasteiger partial charge on any atom is 0.336 e. The molecule has 31 heavy (non-hydrogen) atoms. The SMILES string of the molecule is C/C=C/C=C/C(C)=C(/C(=O)O)c1cc2c(cc1OCCCCCCC)SCCC2(C)C. The van der Waals surface area contributed by atoms with Crippen LogP contribution in [0.15, 0.2) is 46.9 Å². The minimum Gasteiger partial charge on any atom is -0.493 e. The summed E-state index contributed by atoms with van der Waals surface area (Å²) in [5.41, 5.74) is 2.97. The molecule has 0 aliphatic carbocycles. The summed E-state index contributed by atoms with van der Waals surface area (Å²) in [7, 11) is 0. The van der Waals surface area contributed by atoms with E-state index in [2.05, 4.69) is 32.9 Å². The highest BCUT2D eigenvalue weighted by Gasteiger charge is 2.31.